The number of hydrogen-bond acceptors (Lipinski definition) is 2. The molecule has 0 aliphatic carbocycles. The molecule has 124 valence electrons. The quantitative estimate of drug-likeness (QED) is 0.695. The molecule has 3 nitrogen and oxygen atoms in total. The van der Waals surface area contributed by atoms with E-state index in [1.54, 1.807) is 24.1 Å². The van der Waals surface area contributed by atoms with Gasteiger partial charge in [0.2, 0.25) is 5.91 Å². The van der Waals surface area contributed by atoms with Crippen LogP contribution in [0.1, 0.15) is 45.1 Å². The number of carbonyl (C=O) groups excluding carboxylic acids is 1. The highest BCUT2D eigenvalue weighted by atomic mass is 35.5. The Morgan fingerprint density at radius 2 is 2.14 bits per heavy atom. The normalized spacial score (nSPS) is 12.5. The fourth-order valence-corrected chi connectivity index (χ4v) is 2.57. The number of benzene rings is 1. The molecule has 0 fully saturated rings. The number of carbonyl (C=O) groups is 1. The average Bonchev–Trinajstić information content (AvgIpc) is 2.43. The Kier molecular flexibility index (Phi) is 8.43. The largest absolute Gasteiger partial charge is 0.353 e. The number of hydrogen-bond donors (Lipinski definition) is 1. The van der Waals surface area contributed by atoms with Crippen molar-refractivity contribution in [2.24, 2.45) is 0 Å². The molecule has 1 aromatic carbocycles. The number of halogens is 2. The van der Waals surface area contributed by atoms with Crippen LogP contribution in [0.15, 0.2) is 18.2 Å². The Morgan fingerprint density at radius 1 is 1.41 bits per heavy atom. The lowest BCUT2D eigenvalue weighted by Crippen LogP contribution is -2.39. The van der Waals surface area contributed by atoms with Crippen LogP contribution in [0.3, 0.4) is 0 Å². The minimum absolute atomic E-state index is 0.0426. The summed E-state index contributed by atoms with van der Waals surface area (Å²) in [5.41, 5.74) is 0.426. The van der Waals surface area contributed by atoms with E-state index in [1.165, 1.54) is 18.9 Å². The lowest BCUT2D eigenvalue weighted by molar-refractivity contribution is -0.122. The van der Waals surface area contributed by atoms with Crippen LogP contribution < -0.4 is 5.32 Å². The molecule has 22 heavy (non-hydrogen) atoms. The van der Waals surface area contributed by atoms with E-state index in [0.29, 0.717) is 17.1 Å². The summed E-state index contributed by atoms with van der Waals surface area (Å²) < 4.78 is 13.7. The summed E-state index contributed by atoms with van der Waals surface area (Å²) >= 11 is 6.00. The van der Waals surface area contributed by atoms with Crippen LogP contribution in [0.5, 0.6) is 0 Å². The van der Waals surface area contributed by atoms with E-state index in [9.17, 15) is 9.18 Å². The second kappa shape index (κ2) is 9.80. The molecule has 0 aliphatic heterocycles. The third-order valence-electron chi connectivity index (χ3n) is 3.55. The molecule has 0 spiro atoms. The Labute approximate surface area is 137 Å². The van der Waals surface area contributed by atoms with Crippen molar-refractivity contribution < 1.29 is 9.18 Å². The van der Waals surface area contributed by atoms with E-state index in [2.05, 4.69) is 12.2 Å². The maximum Gasteiger partial charge on any atom is 0.234 e. The van der Waals surface area contributed by atoms with Crippen LogP contribution in [-0.4, -0.2) is 30.4 Å². The molecule has 0 aromatic heterocycles. The zero-order valence-corrected chi connectivity index (χ0v) is 14.4. The molecule has 1 rings (SSSR count). The first kappa shape index (κ1) is 18.9. The van der Waals surface area contributed by atoms with Crippen LogP contribution >= 0.6 is 11.6 Å². The van der Waals surface area contributed by atoms with Crippen molar-refractivity contribution in [3.8, 4) is 0 Å². The highest BCUT2D eigenvalue weighted by Gasteiger charge is 2.13. The number of unbranched alkanes of at least 4 members (excludes halogenated alkanes) is 2. The maximum atomic E-state index is 13.7. The van der Waals surface area contributed by atoms with Crippen LogP contribution in [0.25, 0.3) is 0 Å². The minimum atomic E-state index is -0.340. The molecule has 0 bridgehead atoms. The first-order valence-electron chi connectivity index (χ1n) is 7.84. The van der Waals surface area contributed by atoms with E-state index < -0.39 is 0 Å². The highest BCUT2D eigenvalue weighted by molar-refractivity contribution is 6.31. The molecule has 0 heterocycles. The summed E-state index contributed by atoms with van der Waals surface area (Å²) in [6, 6.07) is 4.78. The first-order valence-corrected chi connectivity index (χ1v) is 8.22. The fraction of sp³-hybridized carbons (Fsp3) is 0.588. The standard InChI is InChI=1S/C17H26ClFN2O/c1-4-5-6-8-13(2)20-17(22)12-21(3)11-14-15(18)9-7-10-16(14)19/h7,9-10,13H,4-6,8,11-12H2,1-3H3,(H,20,22). The Bertz CT molecular complexity index is 461. The van der Waals surface area contributed by atoms with Gasteiger partial charge >= 0.3 is 0 Å². The Balaban J connectivity index is 2.41. The molecular formula is C17H26ClFN2O. The predicted octanol–water partition coefficient (Wildman–Crippen LogP) is 4.00. The number of likely N-dealkylation sites (N-methyl/N-ethyl adjacent to an activating group) is 1. The van der Waals surface area contributed by atoms with E-state index in [-0.39, 0.29) is 24.3 Å². The van der Waals surface area contributed by atoms with Gasteiger partial charge in [-0.3, -0.25) is 9.69 Å². The van der Waals surface area contributed by atoms with Crippen LogP contribution in [0.4, 0.5) is 4.39 Å². The predicted molar refractivity (Wildman–Crippen MR) is 89.5 cm³/mol. The van der Waals surface area contributed by atoms with Gasteiger partial charge < -0.3 is 5.32 Å². The molecular weight excluding hydrogens is 303 g/mol. The van der Waals surface area contributed by atoms with Crippen molar-refractivity contribution in [3.05, 3.63) is 34.6 Å². The number of amides is 1. The number of nitrogens with zero attached hydrogens (tertiary/aromatic N) is 1. The van der Waals surface area contributed by atoms with Gasteiger partial charge in [0.25, 0.3) is 0 Å². The molecule has 1 atom stereocenters. The monoisotopic (exact) mass is 328 g/mol. The second-order valence-corrected chi connectivity index (χ2v) is 6.24. The van der Waals surface area contributed by atoms with Gasteiger partial charge in [0.15, 0.2) is 0 Å². The number of nitrogens with one attached hydrogen (secondary N) is 1. The van der Waals surface area contributed by atoms with E-state index >= 15 is 0 Å². The molecule has 5 heteroatoms. The van der Waals surface area contributed by atoms with Gasteiger partial charge in [0.05, 0.1) is 6.54 Å². The second-order valence-electron chi connectivity index (χ2n) is 5.84. The van der Waals surface area contributed by atoms with Gasteiger partial charge in [-0.05, 0) is 32.5 Å². The Hall–Kier alpha value is -1.13. The molecule has 0 saturated carbocycles. The maximum absolute atomic E-state index is 13.7. The van der Waals surface area contributed by atoms with Gasteiger partial charge in [-0.2, -0.15) is 0 Å². The average molecular weight is 329 g/mol. The van der Waals surface area contributed by atoms with Crippen molar-refractivity contribution in [3.63, 3.8) is 0 Å². The third kappa shape index (κ3) is 6.75. The van der Waals surface area contributed by atoms with E-state index in [0.717, 1.165) is 12.8 Å². The summed E-state index contributed by atoms with van der Waals surface area (Å²) in [4.78, 5) is 13.7. The van der Waals surface area contributed by atoms with Crippen LogP contribution in [0.2, 0.25) is 5.02 Å². The first-order chi connectivity index (χ1) is 10.4. The summed E-state index contributed by atoms with van der Waals surface area (Å²) in [5.74, 6) is -0.383. The topological polar surface area (TPSA) is 32.3 Å². The zero-order chi connectivity index (χ0) is 16.5. The molecule has 1 aromatic rings. The third-order valence-corrected chi connectivity index (χ3v) is 3.91. The van der Waals surface area contributed by atoms with Crippen molar-refractivity contribution in [1.29, 1.82) is 0 Å². The van der Waals surface area contributed by atoms with Gasteiger partial charge in [-0.25, -0.2) is 4.39 Å². The minimum Gasteiger partial charge on any atom is -0.353 e. The fourth-order valence-electron chi connectivity index (χ4n) is 2.35. The number of rotatable bonds is 9. The molecule has 0 aliphatic rings. The zero-order valence-electron chi connectivity index (χ0n) is 13.7. The van der Waals surface area contributed by atoms with Crippen LogP contribution in [-0.2, 0) is 11.3 Å². The summed E-state index contributed by atoms with van der Waals surface area (Å²) in [5, 5.41) is 3.37. The lowest BCUT2D eigenvalue weighted by Gasteiger charge is -2.19. The molecule has 0 radical (unpaired) electrons. The van der Waals surface area contributed by atoms with Gasteiger partial charge in [0, 0.05) is 23.2 Å². The summed E-state index contributed by atoms with van der Waals surface area (Å²) in [6.07, 6.45) is 4.47. The van der Waals surface area contributed by atoms with E-state index in [4.69, 9.17) is 11.6 Å². The van der Waals surface area contributed by atoms with E-state index in [1.807, 2.05) is 6.92 Å². The molecule has 1 N–H and O–H groups in total. The van der Waals surface area contributed by atoms with Gasteiger partial charge in [-0.15, -0.1) is 0 Å². The summed E-state index contributed by atoms with van der Waals surface area (Å²) in [6.45, 7) is 4.71. The smallest absolute Gasteiger partial charge is 0.234 e. The molecule has 0 saturated heterocycles. The lowest BCUT2D eigenvalue weighted by atomic mass is 10.1. The highest BCUT2D eigenvalue weighted by Crippen LogP contribution is 2.20. The summed E-state index contributed by atoms with van der Waals surface area (Å²) in [7, 11) is 1.78. The molecule has 1 amide bonds. The van der Waals surface area contributed by atoms with Gasteiger partial charge in [0.1, 0.15) is 5.82 Å². The SMILES string of the molecule is CCCCCC(C)NC(=O)CN(C)Cc1c(F)cccc1Cl. The van der Waals surface area contributed by atoms with Crippen LogP contribution in [0, 0.1) is 5.82 Å². The Morgan fingerprint density at radius 3 is 2.77 bits per heavy atom. The van der Waals surface area contributed by atoms with Crippen molar-refractivity contribution in [2.75, 3.05) is 13.6 Å². The van der Waals surface area contributed by atoms with Gasteiger partial charge in [-0.1, -0.05) is 43.9 Å². The van der Waals surface area contributed by atoms with Crippen molar-refractivity contribution in [2.45, 2.75) is 52.1 Å². The van der Waals surface area contributed by atoms with Crippen molar-refractivity contribution >= 4 is 17.5 Å². The molecule has 1 unspecified atom stereocenters. The van der Waals surface area contributed by atoms with Crippen molar-refractivity contribution in [1.82, 2.24) is 10.2 Å².